The molecule has 46 heavy (non-hydrogen) atoms. The zero-order chi connectivity index (χ0) is 33.4. The second-order valence-corrected chi connectivity index (χ2v) is 11.4. The van der Waals surface area contributed by atoms with Gasteiger partial charge in [0, 0.05) is 41.0 Å². The SMILES string of the molecule is COc1ccc(CNC(=O)c2c(-c3ccccc3)c(-c3ccc(F)cc3)c(CC[C@@H](O)C[C@@H](O)CC(=O)O)n2C(C)C)c(OC)c1. The molecule has 4 rings (SSSR count). The van der Waals surface area contributed by atoms with E-state index in [2.05, 4.69) is 5.32 Å². The third kappa shape index (κ3) is 8.13. The fraction of sp³-hybridized carbons (Fsp3) is 0.333. The summed E-state index contributed by atoms with van der Waals surface area (Å²) in [7, 11) is 3.11. The van der Waals surface area contributed by atoms with Gasteiger partial charge in [-0.2, -0.15) is 0 Å². The number of methoxy groups -OCH3 is 2. The minimum Gasteiger partial charge on any atom is -0.497 e. The highest BCUT2D eigenvalue weighted by Crippen LogP contribution is 2.42. The Bertz CT molecular complexity index is 1630. The Balaban J connectivity index is 1.85. The Labute approximate surface area is 268 Å². The van der Waals surface area contributed by atoms with Crippen molar-refractivity contribution in [3.05, 3.63) is 95.6 Å². The fourth-order valence-electron chi connectivity index (χ4n) is 5.77. The molecule has 10 heteroatoms. The van der Waals surface area contributed by atoms with Crippen molar-refractivity contribution in [3.8, 4) is 33.8 Å². The van der Waals surface area contributed by atoms with Crippen molar-refractivity contribution in [1.82, 2.24) is 9.88 Å². The van der Waals surface area contributed by atoms with E-state index in [4.69, 9.17) is 14.6 Å². The molecule has 1 heterocycles. The predicted molar refractivity (Wildman–Crippen MR) is 174 cm³/mol. The van der Waals surface area contributed by atoms with Crippen LogP contribution >= 0.6 is 0 Å². The number of amides is 1. The largest absolute Gasteiger partial charge is 0.497 e. The van der Waals surface area contributed by atoms with Gasteiger partial charge in [-0.25, -0.2) is 4.39 Å². The van der Waals surface area contributed by atoms with Gasteiger partial charge in [0.15, 0.2) is 0 Å². The number of halogens is 1. The first-order valence-electron chi connectivity index (χ1n) is 15.2. The molecule has 0 fully saturated rings. The highest BCUT2D eigenvalue weighted by Gasteiger charge is 2.30. The molecule has 0 unspecified atom stereocenters. The standard InChI is InChI=1S/C36H41FN2O7/c1-22(2)39-30(17-15-27(40)18-28(41)19-32(42)43)33(24-10-13-26(37)14-11-24)34(23-8-6-5-7-9-23)35(39)36(44)38-21-25-12-16-29(45-3)20-31(25)46-4/h5-14,16,20,22,27-28,40-41H,15,17-19,21H2,1-4H3,(H,38,44)(H,42,43)/t27-,28-/m1/s1. The molecule has 4 aromatic rings. The number of rotatable bonds is 15. The normalized spacial score (nSPS) is 12.5. The number of aromatic nitrogens is 1. The Morgan fingerprint density at radius 2 is 1.57 bits per heavy atom. The van der Waals surface area contributed by atoms with Crippen LogP contribution in [0.5, 0.6) is 11.5 Å². The quantitative estimate of drug-likeness (QED) is 0.126. The number of carboxylic acid groups (broad SMARTS) is 1. The number of hydrogen-bond acceptors (Lipinski definition) is 6. The summed E-state index contributed by atoms with van der Waals surface area (Å²) in [4.78, 5) is 25.3. The Hall–Kier alpha value is -4.67. The number of aliphatic hydroxyl groups excluding tert-OH is 2. The molecule has 0 bridgehead atoms. The second-order valence-electron chi connectivity index (χ2n) is 11.4. The Kier molecular flexibility index (Phi) is 11.6. The second kappa shape index (κ2) is 15.6. The molecule has 0 saturated carbocycles. The molecular formula is C36H41FN2O7. The van der Waals surface area contributed by atoms with Crippen molar-refractivity contribution in [2.24, 2.45) is 0 Å². The number of aliphatic hydroxyl groups is 2. The molecule has 0 aliphatic heterocycles. The van der Waals surface area contributed by atoms with Crippen LogP contribution in [0, 0.1) is 5.82 Å². The summed E-state index contributed by atoms with van der Waals surface area (Å²) in [5.74, 6) is -0.698. The first kappa shape index (κ1) is 34.2. The van der Waals surface area contributed by atoms with Crippen LogP contribution in [0.4, 0.5) is 4.39 Å². The van der Waals surface area contributed by atoms with E-state index in [1.165, 1.54) is 12.1 Å². The van der Waals surface area contributed by atoms with Gasteiger partial charge in [0.05, 0.1) is 32.8 Å². The molecule has 2 atom stereocenters. The molecule has 9 nitrogen and oxygen atoms in total. The molecule has 1 amide bonds. The number of ether oxygens (including phenoxy) is 2. The summed E-state index contributed by atoms with van der Waals surface area (Å²) in [6, 6.07) is 20.7. The number of benzene rings is 3. The van der Waals surface area contributed by atoms with E-state index in [0.29, 0.717) is 34.7 Å². The highest BCUT2D eigenvalue weighted by molar-refractivity contribution is 6.05. The van der Waals surface area contributed by atoms with Crippen LogP contribution in [-0.4, -0.2) is 58.2 Å². The van der Waals surface area contributed by atoms with Crippen molar-refractivity contribution in [2.45, 2.75) is 64.3 Å². The van der Waals surface area contributed by atoms with E-state index in [1.807, 2.05) is 54.8 Å². The topological polar surface area (TPSA) is 130 Å². The molecule has 3 aromatic carbocycles. The van der Waals surface area contributed by atoms with Gasteiger partial charge in [0.1, 0.15) is 23.0 Å². The van der Waals surface area contributed by atoms with E-state index in [-0.39, 0.29) is 31.3 Å². The summed E-state index contributed by atoms with van der Waals surface area (Å²) in [6.45, 7) is 4.09. The van der Waals surface area contributed by atoms with Crippen LogP contribution < -0.4 is 14.8 Å². The summed E-state index contributed by atoms with van der Waals surface area (Å²) in [6.07, 6.45) is -2.28. The van der Waals surface area contributed by atoms with E-state index in [0.717, 1.165) is 22.4 Å². The van der Waals surface area contributed by atoms with Gasteiger partial charge in [-0.05, 0) is 68.5 Å². The van der Waals surface area contributed by atoms with Crippen molar-refractivity contribution in [2.75, 3.05) is 14.2 Å². The number of carbonyl (C=O) groups is 2. The van der Waals surface area contributed by atoms with E-state index < -0.39 is 30.4 Å². The van der Waals surface area contributed by atoms with Gasteiger partial charge in [-0.1, -0.05) is 42.5 Å². The summed E-state index contributed by atoms with van der Waals surface area (Å²) in [5, 5.41) is 33.0. The lowest BCUT2D eigenvalue weighted by Crippen LogP contribution is -2.27. The summed E-state index contributed by atoms with van der Waals surface area (Å²) in [5.41, 5.74) is 4.78. The number of carbonyl (C=O) groups excluding carboxylic acids is 1. The van der Waals surface area contributed by atoms with Crippen LogP contribution in [0.1, 0.15) is 60.9 Å². The van der Waals surface area contributed by atoms with Gasteiger partial charge in [0.25, 0.3) is 5.91 Å². The van der Waals surface area contributed by atoms with Crippen molar-refractivity contribution < 1.29 is 38.8 Å². The number of hydrogen-bond donors (Lipinski definition) is 4. The highest BCUT2D eigenvalue weighted by atomic mass is 19.1. The first-order valence-corrected chi connectivity index (χ1v) is 15.2. The van der Waals surface area contributed by atoms with Crippen LogP contribution in [-0.2, 0) is 17.8 Å². The zero-order valence-electron chi connectivity index (χ0n) is 26.5. The lowest BCUT2D eigenvalue weighted by Gasteiger charge is -2.20. The third-order valence-electron chi connectivity index (χ3n) is 7.84. The molecule has 0 saturated heterocycles. The monoisotopic (exact) mass is 632 g/mol. The van der Waals surface area contributed by atoms with Gasteiger partial charge in [0.2, 0.25) is 0 Å². The average molecular weight is 633 g/mol. The van der Waals surface area contributed by atoms with Crippen molar-refractivity contribution in [3.63, 3.8) is 0 Å². The number of carboxylic acids is 1. The summed E-state index contributed by atoms with van der Waals surface area (Å²) >= 11 is 0. The minimum absolute atomic E-state index is 0.108. The number of aliphatic carboxylic acids is 1. The molecule has 244 valence electrons. The van der Waals surface area contributed by atoms with Crippen molar-refractivity contribution >= 4 is 11.9 Å². The number of nitrogens with one attached hydrogen (secondary N) is 1. The van der Waals surface area contributed by atoms with Crippen molar-refractivity contribution in [1.29, 1.82) is 0 Å². The lowest BCUT2D eigenvalue weighted by molar-refractivity contribution is -0.139. The Morgan fingerprint density at radius 1 is 0.891 bits per heavy atom. The molecule has 4 N–H and O–H groups in total. The molecule has 1 aromatic heterocycles. The molecule has 0 radical (unpaired) electrons. The zero-order valence-corrected chi connectivity index (χ0v) is 26.5. The van der Waals surface area contributed by atoms with Gasteiger partial charge >= 0.3 is 5.97 Å². The molecule has 0 aliphatic rings. The van der Waals surface area contributed by atoms with E-state index >= 15 is 0 Å². The van der Waals surface area contributed by atoms with Gasteiger partial charge in [-0.3, -0.25) is 9.59 Å². The van der Waals surface area contributed by atoms with E-state index in [1.54, 1.807) is 38.5 Å². The molecular weight excluding hydrogens is 591 g/mol. The van der Waals surface area contributed by atoms with Crippen LogP contribution in [0.2, 0.25) is 0 Å². The maximum absolute atomic E-state index is 14.3. The maximum atomic E-state index is 14.3. The van der Waals surface area contributed by atoms with Gasteiger partial charge in [-0.15, -0.1) is 0 Å². The Morgan fingerprint density at radius 3 is 2.17 bits per heavy atom. The van der Waals surface area contributed by atoms with E-state index in [9.17, 15) is 24.2 Å². The third-order valence-corrected chi connectivity index (χ3v) is 7.84. The van der Waals surface area contributed by atoms with Crippen LogP contribution in [0.15, 0.2) is 72.8 Å². The maximum Gasteiger partial charge on any atom is 0.305 e. The lowest BCUT2D eigenvalue weighted by atomic mass is 9.92. The average Bonchev–Trinajstić information content (AvgIpc) is 3.38. The minimum atomic E-state index is -1.20. The van der Waals surface area contributed by atoms with Crippen LogP contribution in [0.3, 0.4) is 0 Å². The first-order chi connectivity index (χ1) is 22.0. The van der Waals surface area contributed by atoms with Gasteiger partial charge < -0.3 is 34.7 Å². The number of nitrogens with zero attached hydrogens (tertiary/aromatic N) is 1. The van der Waals surface area contributed by atoms with Crippen LogP contribution in [0.25, 0.3) is 22.3 Å². The molecule has 0 spiro atoms. The fourth-order valence-corrected chi connectivity index (χ4v) is 5.77. The predicted octanol–water partition coefficient (Wildman–Crippen LogP) is 6.01. The smallest absolute Gasteiger partial charge is 0.305 e. The summed E-state index contributed by atoms with van der Waals surface area (Å²) < 4.78 is 26.9. The molecule has 0 aliphatic carbocycles.